The van der Waals surface area contributed by atoms with Gasteiger partial charge in [-0.05, 0) is 89.4 Å². The molecule has 44 heavy (non-hydrogen) atoms. The molecule has 0 fully saturated rings. The van der Waals surface area contributed by atoms with E-state index >= 15 is 0 Å². The summed E-state index contributed by atoms with van der Waals surface area (Å²) in [4.78, 5) is 5.33. The fourth-order valence-electron chi connectivity index (χ4n) is 6.67. The Balaban J connectivity index is 1.59. The molecule has 0 spiro atoms. The quantitative estimate of drug-likeness (QED) is 0.198. The maximum atomic E-state index is 6.66. The van der Waals surface area contributed by atoms with Crippen LogP contribution in [0.15, 0.2) is 114 Å². The second-order valence-corrected chi connectivity index (χ2v) is 12.5. The lowest BCUT2D eigenvalue weighted by Gasteiger charge is -2.23. The van der Waals surface area contributed by atoms with Gasteiger partial charge in [-0.25, -0.2) is 4.98 Å². The number of rotatable bonds is 6. The zero-order valence-corrected chi connectivity index (χ0v) is 26.3. The van der Waals surface area contributed by atoms with Gasteiger partial charge < -0.3 is 4.42 Å². The molecule has 0 radical (unpaired) electrons. The molecule has 3 heteroatoms. The molecular weight excluding hydrogens is 536 g/mol. The van der Waals surface area contributed by atoms with Crippen molar-refractivity contribution in [2.75, 3.05) is 0 Å². The fourth-order valence-corrected chi connectivity index (χ4v) is 6.67. The maximum Gasteiger partial charge on any atom is 0.145 e. The highest BCUT2D eigenvalue weighted by Gasteiger charge is 2.24. The summed E-state index contributed by atoms with van der Waals surface area (Å²) in [7, 11) is 0. The Bertz CT molecular complexity index is 2100. The van der Waals surface area contributed by atoms with Crippen LogP contribution in [0.1, 0.15) is 61.8 Å². The Morgan fingerprint density at radius 1 is 0.636 bits per heavy atom. The number of hydrogen-bond donors (Lipinski definition) is 0. The molecule has 0 saturated carbocycles. The largest absolute Gasteiger partial charge is 0.456 e. The molecule has 0 saturated heterocycles. The number of aryl methyl sites for hydroxylation is 2. The zero-order chi connectivity index (χ0) is 30.5. The lowest BCUT2D eigenvalue weighted by atomic mass is 9.91. The topological polar surface area (TPSA) is 31.0 Å². The number of benzene rings is 5. The van der Waals surface area contributed by atoms with E-state index < -0.39 is 0 Å². The molecule has 0 aliphatic rings. The number of aromatic nitrogens is 2. The predicted molar refractivity (Wildman–Crippen MR) is 185 cm³/mol. The number of hydrogen-bond acceptors (Lipinski definition) is 2. The summed E-state index contributed by atoms with van der Waals surface area (Å²) in [5.74, 6) is 2.49. The number of nitrogens with zero attached hydrogens (tertiary/aromatic N) is 2. The van der Waals surface area contributed by atoms with Crippen molar-refractivity contribution >= 4 is 22.0 Å². The molecule has 7 aromatic rings. The molecule has 5 aromatic carbocycles. The van der Waals surface area contributed by atoms with Gasteiger partial charge in [-0.3, -0.25) is 4.57 Å². The van der Waals surface area contributed by atoms with Gasteiger partial charge in [-0.1, -0.05) is 107 Å². The fraction of sp³-hybridized carbons (Fsp3) is 0.195. The highest BCUT2D eigenvalue weighted by molar-refractivity contribution is 6.01. The van der Waals surface area contributed by atoms with E-state index in [1.807, 2.05) is 6.07 Å². The molecule has 0 unspecified atom stereocenters. The summed E-state index contributed by atoms with van der Waals surface area (Å²) < 4.78 is 9.06. The molecule has 0 aliphatic heterocycles. The normalized spacial score (nSPS) is 11.8. The summed E-state index contributed by atoms with van der Waals surface area (Å²) >= 11 is 0. The Morgan fingerprint density at radius 3 is 1.95 bits per heavy atom. The summed E-state index contributed by atoms with van der Waals surface area (Å²) in [5.41, 5.74) is 13.8. The predicted octanol–water partition coefficient (Wildman–Crippen LogP) is 11.6. The Hall–Kier alpha value is -4.89. The molecule has 2 aromatic heterocycles. The van der Waals surface area contributed by atoms with Crippen LogP contribution in [0.3, 0.4) is 0 Å². The average molecular weight is 575 g/mol. The van der Waals surface area contributed by atoms with E-state index in [2.05, 4.69) is 149 Å². The molecule has 0 N–H and O–H groups in total. The second kappa shape index (κ2) is 11.0. The number of para-hydroxylation sites is 3. The first-order valence-electron chi connectivity index (χ1n) is 15.6. The second-order valence-electron chi connectivity index (χ2n) is 12.5. The Kier molecular flexibility index (Phi) is 6.97. The van der Waals surface area contributed by atoms with E-state index in [4.69, 9.17) is 9.40 Å². The SMILES string of the molecule is Cc1cccc(C)c1-c1cc(-c2nc3ccccc3n2-c2c(C(C)C)cccc2C(C)C)cc2oc(-c3ccccc3)cc12. The van der Waals surface area contributed by atoms with Gasteiger partial charge in [-0.15, -0.1) is 0 Å². The molecule has 2 heterocycles. The van der Waals surface area contributed by atoms with Gasteiger partial charge in [0.2, 0.25) is 0 Å². The third-order valence-electron chi connectivity index (χ3n) is 8.83. The lowest BCUT2D eigenvalue weighted by molar-refractivity contribution is 0.631. The van der Waals surface area contributed by atoms with Crippen LogP contribution >= 0.6 is 0 Å². The minimum absolute atomic E-state index is 0.351. The number of imidazole rings is 1. The number of fused-ring (bicyclic) bond motifs is 2. The van der Waals surface area contributed by atoms with Gasteiger partial charge in [0.25, 0.3) is 0 Å². The van der Waals surface area contributed by atoms with Crippen LogP contribution in [0.2, 0.25) is 0 Å². The zero-order valence-electron chi connectivity index (χ0n) is 26.3. The first-order valence-corrected chi connectivity index (χ1v) is 15.6. The van der Waals surface area contributed by atoms with Crippen LogP contribution in [0.25, 0.3) is 61.5 Å². The van der Waals surface area contributed by atoms with E-state index in [-0.39, 0.29) is 0 Å². The van der Waals surface area contributed by atoms with Gasteiger partial charge in [0.15, 0.2) is 0 Å². The van der Waals surface area contributed by atoms with Crippen LogP contribution < -0.4 is 0 Å². The summed E-state index contributed by atoms with van der Waals surface area (Å²) in [6.07, 6.45) is 0. The molecule has 3 nitrogen and oxygen atoms in total. The van der Waals surface area contributed by atoms with Gasteiger partial charge in [0.1, 0.15) is 17.2 Å². The lowest BCUT2D eigenvalue weighted by Crippen LogP contribution is -2.08. The van der Waals surface area contributed by atoms with E-state index in [0.29, 0.717) is 11.8 Å². The molecule has 0 amide bonds. The molecule has 0 bridgehead atoms. The van der Waals surface area contributed by atoms with E-state index in [9.17, 15) is 0 Å². The van der Waals surface area contributed by atoms with Crippen molar-refractivity contribution in [3.8, 4) is 39.5 Å². The van der Waals surface area contributed by atoms with Crippen LogP contribution in [0.5, 0.6) is 0 Å². The maximum absolute atomic E-state index is 6.66. The van der Waals surface area contributed by atoms with Crippen molar-refractivity contribution in [3.63, 3.8) is 0 Å². The molecular formula is C41H38N2O. The van der Waals surface area contributed by atoms with Gasteiger partial charge in [0.05, 0.1) is 16.7 Å². The summed E-state index contributed by atoms with van der Waals surface area (Å²) in [5, 5.41) is 1.11. The van der Waals surface area contributed by atoms with E-state index in [0.717, 1.165) is 44.7 Å². The smallest absolute Gasteiger partial charge is 0.145 e. The highest BCUT2D eigenvalue weighted by Crippen LogP contribution is 2.43. The van der Waals surface area contributed by atoms with Crippen LogP contribution in [0.4, 0.5) is 0 Å². The Labute approximate surface area is 259 Å². The Morgan fingerprint density at radius 2 is 1.27 bits per heavy atom. The first kappa shape index (κ1) is 27.9. The third kappa shape index (κ3) is 4.64. The summed E-state index contributed by atoms with van der Waals surface area (Å²) in [6, 6.07) is 38.8. The molecule has 7 rings (SSSR count). The molecule has 0 aliphatic carbocycles. The van der Waals surface area contributed by atoms with Gasteiger partial charge >= 0.3 is 0 Å². The van der Waals surface area contributed by atoms with Crippen LogP contribution in [-0.4, -0.2) is 9.55 Å². The van der Waals surface area contributed by atoms with Crippen LogP contribution in [-0.2, 0) is 0 Å². The van der Waals surface area contributed by atoms with Crippen LogP contribution in [0, 0.1) is 13.8 Å². The molecule has 218 valence electrons. The van der Waals surface area contributed by atoms with E-state index in [1.165, 1.54) is 39.1 Å². The minimum atomic E-state index is 0.351. The van der Waals surface area contributed by atoms with Crippen molar-refractivity contribution in [3.05, 3.63) is 131 Å². The van der Waals surface area contributed by atoms with E-state index in [1.54, 1.807) is 0 Å². The van der Waals surface area contributed by atoms with Gasteiger partial charge in [0, 0.05) is 16.5 Å². The highest BCUT2D eigenvalue weighted by atomic mass is 16.3. The standard InChI is InChI=1S/C41H38N2O/c1-25(2)31-18-13-19-32(26(3)4)40(31)43-36-21-11-10-20-35(36)42-41(43)30-22-34(39-27(5)14-12-15-28(39)6)33-24-37(44-38(33)23-30)29-16-8-7-9-17-29/h7-26H,1-6H3. The minimum Gasteiger partial charge on any atom is -0.456 e. The average Bonchev–Trinajstić information content (AvgIpc) is 3.63. The van der Waals surface area contributed by atoms with Crippen molar-refractivity contribution in [2.45, 2.75) is 53.4 Å². The van der Waals surface area contributed by atoms with Gasteiger partial charge in [-0.2, -0.15) is 0 Å². The first-order chi connectivity index (χ1) is 21.3. The van der Waals surface area contributed by atoms with Crippen molar-refractivity contribution in [1.29, 1.82) is 0 Å². The molecule has 0 atom stereocenters. The van der Waals surface area contributed by atoms with Crippen molar-refractivity contribution in [2.24, 2.45) is 0 Å². The third-order valence-corrected chi connectivity index (χ3v) is 8.83. The monoisotopic (exact) mass is 574 g/mol. The van der Waals surface area contributed by atoms with Crippen molar-refractivity contribution in [1.82, 2.24) is 9.55 Å². The van der Waals surface area contributed by atoms with Crippen molar-refractivity contribution < 1.29 is 4.42 Å². The summed E-state index contributed by atoms with van der Waals surface area (Å²) in [6.45, 7) is 13.5. The number of furan rings is 1.